The smallest absolute Gasteiger partial charge is 0.243 e. The van der Waals surface area contributed by atoms with Crippen molar-refractivity contribution in [1.82, 2.24) is 5.32 Å². The van der Waals surface area contributed by atoms with E-state index >= 15 is 0 Å². The summed E-state index contributed by atoms with van der Waals surface area (Å²) in [6.07, 6.45) is -10.5. The summed E-state index contributed by atoms with van der Waals surface area (Å²) >= 11 is 0. The maximum absolute atomic E-state index is 11.1. The number of carbonyl (C=O) groups excluding carboxylic acids is 1. The van der Waals surface area contributed by atoms with Crippen molar-refractivity contribution >= 4 is 5.91 Å². The fourth-order valence-electron chi connectivity index (χ4n) is 3.76. The summed E-state index contributed by atoms with van der Waals surface area (Å²) in [7, 11) is 0. The summed E-state index contributed by atoms with van der Waals surface area (Å²) in [4.78, 5) is 11.1. The Labute approximate surface area is 197 Å². The van der Waals surface area contributed by atoms with E-state index in [-0.39, 0.29) is 12.5 Å². The van der Waals surface area contributed by atoms with Crippen molar-refractivity contribution in [3.8, 4) is 0 Å². The van der Waals surface area contributed by atoms with Crippen LogP contribution in [0.4, 0.5) is 0 Å². The van der Waals surface area contributed by atoms with Gasteiger partial charge in [-0.1, -0.05) is 19.4 Å². The molecule has 2 fully saturated rings. The van der Waals surface area contributed by atoms with Crippen molar-refractivity contribution in [1.29, 1.82) is 0 Å². The van der Waals surface area contributed by atoms with E-state index in [1.165, 1.54) is 6.08 Å². The summed E-state index contributed by atoms with van der Waals surface area (Å²) in [6, 6.07) is 0. The normalized spacial score (nSPS) is 38.4. The quantitative estimate of drug-likeness (QED) is 0.0924. The van der Waals surface area contributed by atoms with Gasteiger partial charge in [-0.3, -0.25) is 4.79 Å². The van der Waals surface area contributed by atoms with Gasteiger partial charge in [0.05, 0.1) is 13.2 Å². The molecule has 1 amide bonds. The minimum atomic E-state index is -1.72. The van der Waals surface area contributed by atoms with Gasteiger partial charge in [0.25, 0.3) is 0 Å². The molecule has 0 aromatic carbocycles. The minimum absolute atomic E-state index is 0.212. The topological polar surface area (TPSA) is 208 Å². The maximum Gasteiger partial charge on any atom is 0.243 e. The van der Waals surface area contributed by atoms with Gasteiger partial charge in [-0.25, -0.2) is 0 Å². The van der Waals surface area contributed by atoms with Crippen molar-refractivity contribution in [2.24, 2.45) is 0 Å². The Morgan fingerprint density at radius 3 is 2.09 bits per heavy atom. The molecule has 0 bridgehead atoms. The zero-order chi connectivity index (χ0) is 25.3. The summed E-state index contributed by atoms with van der Waals surface area (Å²) in [5.74, 6) is -0.224. The molecule has 13 heteroatoms. The van der Waals surface area contributed by atoms with E-state index in [0.29, 0.717) is 13.0 Å². The third-order valence-corrected chi connectivity index (χ3v) is 5.80. The van der Waals surface area contributed by atoms with Gasteiger partial charge in [-0.15, -0.1) is 0 Å². The molecule has 0 unspecified atom stereocenters. The van der Waals surface area contributed by atoms with E-state index in [2.05, 4.69) is 11.9 Å². The number of unbranched alkanes of at least 4 members (excludes halogenated alkanes) is 3. The molecule has 13 nitrogen and oxygen atoms in total. The first kappa shape index (κ1) is 29.0. The van der Waals surface area contributed by atoms with Crippen molar-refractivity contribution in [3.05, 3.63) is 12.7 Å². The molecule has 34 heavy (non-hydrogen) atoms. The summed E-state index contributed by atoms with van der Waals surface area (Å²) in [5.41, 5.74) is 0. The van der Waals surface area contributed by atoms with Gasteiger partial charge in [0.2, 0.25) is 5.91 Å². The first-order chi connectivity index (χ1) is 16.2. The lowest BCUT2D eigenvalue weighted by Gasteiger charge is -2.45. The first-order valence-corrected chi connectivity index (χ1v) is 11.3. The van der Waals surface area contributed by atoms with E-state index in [9.17, 15) is 40.5 Å². The lowest BCUT2D eigenvalue weighted by molar-refractivity contribution is -0.359. The highest BCUT2D eigenvalue weighted by Gasteiger charge is 2.50. The van der Waals surface area contributed by atoms with Gasteiger partial charge in [0.1, 0.15) is 48.8 Å². The molecular formula is C21H37NO12. The molecule has 0 saturated carbocycles. The van der Waals surface area contributed by atoms with Crippen LogP contribution in [0.3, 0.4) is 0 Å². The van der Waals surface area contributed by atoms with Crippen LogP contribution in [0, 0.1) is 0 Å². The molecule has 8 N–H and O–H groups in total. The van der Waals surface area contributed by atoms with Crippen LogP contribution in [0.5, 0.6) is 0 Å². The lowest BCUT2D eigenvalue weighted by Crippen LogP contribution is -2.64. The van der Waals surface area contributed by atoms with Crippen LogP contribution < -0.4 is 5.32 Å². The number of hydrogen-bond donors (Lipinski definition) is 8. The molecular weight excluding hydrogens is 458 g/mol. The number of rotatable bonds is 13. The van der Waals surface area contributed by atoms with Crippen LogP contribution in [0.1, 0.15) is 25.7 Å². The standard InChI is InChI=1S/C21H37NO12/c1-2-13(25)22-7-5-3-4-6-8-31-20-18(30)16(28)19(12(10-24)33-20)34-21-17(29)15(27)14(26)11(9-23)32-21/h2,11-12,14-21,23-24,26-30H,1,3-10H2,(H,22,25)/t11-,12-,14+,15+,16-,17-,18-,19-,20-,21+/m1/s1. The second-order valence-electron chi connectivity index (χ2n) is 8.28. The van der Waals surface area contributed by atoms with Crippen LogP contribution in [-0.4, -0.2) is 129 Å². The molecule has 10 atom stereocenters. The lowest BCUT2D eigenvalue weighted by atomic mass is 9.97. The number of aliphatic hydroxyl groups excluding tert-OH is 7. The van der Waals surface area contributed by atoms with E-state index in [0.717, 1.165) is 19.3 Å². The monoisotopic (exact) mass is 495 g/mol. The fourth-order valence-corrected chi connectivity index (χ4v) is 3.76. The summed E-state index contributed by atoms with van der Waals surface area (Å²) in [5, 5.41) is 72.5. The number of aliphatic hydroxyl groups is 7. The molecule has 2 aliphatic rings. The molecule has 0 spiro atoms. The average molecular weight is 496 g/mol. The molecule has 0 radical (unpaired) electrons. The molecule has 0 aromatic heterocycles. The third kappa shape index (κ3) is 7.63. The number of nitrogens with one attached hydrogen (secondary N) is 1. The second kappa shape index (κ2) is 14.4. The van der Waals surface area contributed by atoms with Crippen molar-refractivity contribution < 1.29 is 59.5 Å². The Morgan fingerprint density at radius 1 is 0.824 bits per heavy atom. The highest BCUT2D eigenvalue weighted by molar-refractivity contribution is 5.86. The Balaban J connectivity index is 1.81. The number of ether oxygens (including phenoxy) is 4. The Morgan fingerprint density at radius 2 is 1.44 bits per heavy atom. The Kier molecular flexibility index (Phi) is 12.2. The van der Waals surface area contributed by atoms with E-state index in [4.69, 9.17) is 18.9 Å². The summed E-state index contributed by atoms with van der Waals surface area (Å²) < 4.78 is 21.8. The highest BCUT2D eigenvalue weighted by Crippen LogP contribution is 2.29. The molecule has 2 aliphatic heterocycles. The predicted molar refractivity (Wildman–Crippen MR) is 114 cm³/mol. The first-order valence-electron chi connectivity index (χ1n) is 11.3. The van der Waals surface area contributed by atoms with Crippen molar-refractivity contribution in [3.63, 3.8) is 0 Å². The van der Waals surface area contributed by atoms with Crippen molar-refractivity contribution in [2.75, 3.05) is 26.4 Å². The van der Waals surface area contributed by atoms with Gasteiger partial charge >= 0.3 is 0 Å². The zero-order valence-corrected chi connectivity index (χ0v) is 18.9. The number of hydrogen-bond acceptors (Lipinski definition) is 12. The SMILES string of the molecule is C=CC(=O)NCCCCCCO[C@@H]1O[C@H](CO)[C@@H](O[C@@H]2O[C@H](CO)[C@H](O)[C@H](O)[C@H]2O)[C@H](O)[C@H]1O. The van der Waals surface area contributed by atoms with Gasteiger partial charge in [-0.05, 0) is 18.9 Å². The maximum atomic E-state index is 11.1. The molecule has 2 heterocycles. The molecule has 198 valence electrons. The van der Waals surface area contributed by atoms with Crippen LogP contribution in [-0.2, 0) is 23.7 Å². The molecule has 0 aliphatic carbocycles. The second-order valence-corrected chi connectivity index (χ2v) is 8.28. The van der Waals surface area contributed by atoms with Gasteiger partial charge in [0.15, 0.2) is 12.6 Å². The van der Waals surface area contributed by atoms with E-state index < -0.39 is 74.6 Å². The average Bonchev–Trinajstić information content (AvgIpc) is 2.84. The van der Waals surface area contributed by atoms with Gasteiger partial charge < -0.3 is 60.0 Å². The highest BCUT2D eigenvalue weighted by atomic mass is 16.7. The molecule has 2 saturated heterocycles. The molecule has 2 rings (SSSR count). The van der Waals surface area contributed by atoms with Crippen LogP contribution in [0.15, 0.2) is 12.7 Å². The largest absolute Gasteiger partial charge is 0.394 e. The summed E-state index contributed by atoms with van der Waals surface area (Å²) in [6.45, 7) is 2.83. The Bertz CT molecular complexity index is 621. The Hall–Kier alpha value is -1.23. The third-order valence-electron chi connectivity index (χ3n) is 5.80. The van der Waals surface area contributed by atoms with Gasteiger partial charge in [-0.2, -0.15) is 0 Å². The van der Waals surface area contributed by atoms with Crippen molar-refractivity contribution in [2.45, 2.75) is 87.1 Å². The number of carbonyl (C=O) groups is 1. The number of amides is 1. The minimum Gasteiger partial charge on any atom is -0.394 e. The fraction of sp³-hybridized carbons (Fsp3) is 0.857. The molecule has 0 aromatic rings. The van der Waals surface area contributed by atoms with Crippen LogP contribution >= 0.6 is 0 Å². The van der Waals surface area contributed by atoms with Gasteiger partial charge in [0, 0.05) is 13.2 Å². The van der Waals surface area contributed by atoms with E-state index in [1.54, 1.807) is 0 Å². The van der Waals surface area contributed by atoms with Crippen LogP contribution in [0.2, 0.25) is 0 Å². The van der Waals surface area contributed by atoms with E-state index in [1.807, 2.05) is 0 Å². The van der Waals surface area contributed by atoms with Crippen LogP contribution in [0.25, 0.3) is 0 Å². The predicted octanol–water partition coefficient (Wildman–Crippen LogP) is -3.51. The zero-order valence-electron chi connectivity index (χ0n) is 18.9.